The normalized spacial score (nSPS) is 9.88. The predicted octanol–water partition coefficient (Wildman–Crippen LogP) is 1.15. The minimum Gasteiger partial charge on any atom is -0.468 e. The molecular formula is C13H16O4. The van der Waals surface area contributed by atoms with E-state index in [1.165, 1.54) is 14.2 Å². The van der Waals surface area contributed by atoms with Crippen molar-refractivity contribution in [2.45, 2.75) is 25.7 Å². The average molecular weight is 236 g/mol. The molecule has 0 unspecified atom stereocenters. The van der Waals surface area contributed by atoms with Gasteiger partial charge in [-0.25, -0.2) is 0 Å². The maximum Gasteiger partial charge on any atom is 0.323 e. The molecule has 0 heterocycles. The number of hydrogen-bond donors (Lipinski definition) is 0. The third kappa shape index (κ3) is 3.53. The fraction of sp³-hybridized carbons (Fsp3) is 0.538. The van der Waals surface area contributed by atoms with Crippen molar-refractivity contribution in [2.24, 2.45) is 5.41 Å². The molecule has 0 spiro atoms. The van der Waals surface area contributed by atoms with E-state index in [0.717, 1.165) is 0 Å². The first-order chi connectivity index (χ1) is 8.08. The summed E-state index contributed by atoms with van der Waals surface area (Å²) in [5.41, 5.74) is -1.39. The number of ether oxygens (including phenoxy) is 2. The van der Waals surface area contributed by atoms with Crippen LogP contribution in [-0.4, -0.2) is 26.2 Å². The molecule has 0 fully saturated rings. The molecule has 0 aromatic carbocycles. The zero-order valence-corrected chi connectivity index (χ0v) is 10.1. The minimum absolute atomic E-state index is 0.171. The van der Waals surface area contributed by atoms with E-state index in [1.54, 1.807) is 0 Å². The fourth-order valence-electron chi connectivity index (χ4n) is 1.58. The molecule has 4 heteroatoms. The smallest absolute Gasteiger partial charge is 0.323 e. The molecule has 0 atom stereocenters. The summed E-state index contributed by atoms with van der Waals surface area (Å²) < 4.78 is 9.31. The van der Waals surface area contributed by atoms with Crippen molar-refractivity contribution < 1.29 is 19.1 Å². The van der Waals surface area contributed by atoms with Crippen molar-refractivity contribution in [3.63, 3.8) is 0 Å². The lowest BCUT2D eigenvalue weighted by molar-refractivity contribution is -0.170. The highest BCUT2D eigenvalue weighted by atomic mass is 16.5. The molecule has 0 N–H and O–H groups in total. The SMILES string of the molecule is C#CCCC(CCC#C)(C(=O)OC)C(=O)OC. The van der Waals surface area contributed by atoms with Gasteiger partial charge in [0.2, 0.25) is 0 Å². The van der Waals surface area contributed by atoms with Gasteiger partial charge in [-0.2, -0.15) is 0 Å². The molecule has 0 aliphatic carbocycles. The maximum absolute atomic E-state index is 11.8. The van der Waals surface area contributed by atoms with Crippen molar-refractivity contribution in [2.75, 3.05) is 14.2 Å². The molecule has 0 aliphatic heterocycles. The van der Waals surface area contributed by atoms with Crippen LogP contribution >= 0.6 is 0 Å². The van der Waals surface area contributed by atoms with Gasteiger partial charge in [-0.05, 0) is 12.8 Å². The molecule has 0 bridgehead atoms. The Morgan fingerprint density at radius 1 is 1.00 bits per heavy atom. The molecule has 0 rings (SSSR count). The summed E-state index contributed by atoms with van der Waals surface area (Å²) in [6.45, 7) is 0. The summed E-state index contributed by atoms with van der Waals surface area (Å²) in [5.74, 6) is 3.47. The zero-order chi connectivity index (χ0) is 13.3. The van der Waals surface area contributed by atoms with Gasteiger partial charge in [0, 0.05) is 12.8 Å². The third-order valence-corrected chi connectivity index (χ3v) is 2.54. The van der Waals surface area contributed by atoms with E-state index in [2.05, 4.69) is 21.3 Å². The van der Waals surface area contributed by atoms with Crippen LogP contribution in [0.2, 0.25) is 0 Å². The average Bonchev–Trinajstić information content (AvgIpc) is 2.37. The van der Waals surface area contributed by atoms with Crippen LogP contribution in [0.25, 0.3) is 0 Å². The van der Waals surface area contributed by atoms with Crippen molar-refractivity contribution >= 4 is 11.9 Å². The molecule has 0 saturated carbocycles. The number of carbonyl (C=O) groups is 2. The molecule has 17 heavy (non-hydrogen) atoms. The number of esters is 2. The number of terminal acetylenes is 2. The van der Waals surface area contributed by atoms with Crippen LogP contribution in [0, 0.1) is 30.1 Å². The van der Waals surface area contributed by atoms with Gasteiger partial charge in [-0.3, -0.25) is 9.59 Å². The topological polar surface area (TPSA) is 52.6 Å². The Balaban J connectivity index is 5.21. The van der Waals surface area contributed by atoms with Crippen molar-refractivity contribution in [3.05, 3.63) is 0 Å². The van der Waals surface area contributed by atoms with Gasteiger partial charge in [0.15, 0.2) is 5.41 Å². The molecule has 92 valence electrons. The molecule has 0 aromatic rings. The zero-order valence-electron chi connectivity index (χ0n) is 10.1. The van der Waals surface area contributed by atoms with Crippen LogP contribution in [0.15, 0.2) is 0 Å². The molecule has 0 aromatic heterocycles. The van der Waals surface area contributed by atoms with E-state index in [9.17, 15) is 9.59 Å². The number of hydrogen-bond acceptors (Lipinski definition) is 4. The largest absolute Gasteiger partial charge is 0.468 e. The summed E-state index contributed by atoms with van der Waals surface area (Å²) in [7, 11) is 2.43. The van der Waals surface area contributed by atoms with Crippen LogP contribution in [0.4, 0.5) is 0 Å². The first-order valence-electron chi connectivity index (χ1n) is 5.12. The Morgan fingerprint density at radius 3 is 1.59 bits per heavy atom. The van der Waals surface area contributed by atoms with Crippen LogP contribution in [0.3, 0.4) is 0 Å². The third-order valence-electron chi connectivity index (χ3n) is 2.54. The van der Waals surface area contributed by atoms with Crippen molar-refractivity contribution in [1.29, 1.82) is 0 Å². The number of methoxy groups -OCH3 is 2. The second-order valence-electron chi connectivity index (χ2n) is 3.47. The Hall–Kier alpha value is -1.94. The second-order valence-corrected chi connectivity index (χ2v) is 3.47. The van der Waals surface area contributed by atoms with Crippen LogP contribution in [0.5, 0.6) is 0 Å². The lowest BCUT2D eigenvalue weighted by atomic mass is 9.79. The second kappa shape index (κ2) is 7.35. The quantitative estimate of drug-likeness (QED) is 0.394. The molecule has 0 saturated heterocycles. The van der Waals surface area contributed by atoms with E-state index < -0.39 is 17.4 Å². The molecule has 0 aliphatic rings. The highest BCUT2D eigenvalue weighted by molar-refractivity contribution is 6.00. The standard InChI is InChI=1S/C13H16O4/c1-5-7-9-13(10-8-6-2,11(14)16-3)12(15)17-4/h1-2H,7-10H2,3-4H3. The molecular weight excluding hydrogens is 220 g/mol. The minimum atomic E-state index is -1.39. The van der Waals surface area contributed by atoms with Crippen molar-refractivity contribution in [3.8, 4) is 24.7 Å². The summed E-state index contributed by atoms with van der Waals surface area (Å²) in [6, 6.07) is 0. The fourth-order valence-corrected chi connectivity index (χ4v) is 1.58. The molecule has 0 amide bonds. The summed E-state index contributed by atoms with van der Waals surface area (Å²) in [6.07, 6.45) is 11.2. The molecule has 4 nitrogen and oxygen atoms in total. The highest BCUT2D eigenvalue weighted by Crippen LogP contribution is 2.32. The number of rotatable bonds is 6. The summed E-state index contributed by atoms with van der Waals surface area (Å²) in [5, 5.41) is 0. The van der Waals surface area contributed by atoms with E-state index in [0.29, 0.717) is 0 Å². The van der Waals surface area contributed by atoms with Crippen LogP contribution < -0.4 is 0 Å². The Bertz CT molecular complexity index is 321. The highest BCUT2D eigenvalue weighted by Gasteiger charge is 2.47. The Morgan fingerprint density at radius 2 is 1.35 bits per heavy atom. The Labute approximate surface area is 102 Å². The number of carbonyl (C=O) groups excluding carboxylic acids is 2. The van der Waals surface area contributed by atoms with Gasteiger partial charge < -0.3 is 9.47 Å². The maximum atomic E-state index is 11.8. The Kier molecular flexibility index (Phi) is 6.51. The van der Waals surface area contributed by atoms with E-state index >= 15 is 0 Å². The van der Waals surface area contributed by atoms with Gasteiger partial charge >= 0.3 is 11.9 Å². The van der Waals surface area contributed by atoms with Crippen LogP contribution in [-0.2, 0) is 19.1 Å². The summed E-state index contributed by atoms with van der Waals surface area (Å²) >= 11 is 0. The first kappa shape index (κ1) is 15.1. The monoisotopic (exact) mass is 236 g/mol. The predicted molar refractivity (Wildman–Crippen MR) is 62.6 cm³/mol. The summed E-state index contributed by atoms with van der Waals surface area (Å²) in [4.78, 5) is 23.6. The van der Waals surface area contributed by atoms with Crippen molar-refractivity contribution in [1.82, 2.24) is 0 Å². The van der Waals surface area contributed by atoms with Gasteiger partial charge in [-0.15, -0.1) is 24.7 Å². The van der Waals surface area contributed by atoms with E-state index in [4.69, 9.17) is 12.8 Å². The van der Waals surface area contributed by atoms with E-state index in [1.807, 2.05) is 0 Å². The lowest BCUT2D eigenvalue weighted by Crippen LogP contribution is -2.41. The van der Waals surface area contributed by atoms with Gasteiger partial charge in [0.05, 0.1) is 14.2 Å². The van der Waals surface area contributed by atoms with Gasteiger partial charge in [0.25, 0.3) is 0 Å². The van der Waals surface area contributed by atoms with Gasteiger partial charge in [0.1, 0.15) is 0 Å². The van der Waals surface area contributed by atoms with Gasteiger partial charge in [-0.1, -0.05) is 0 Å². The van der Waals surface area contributed by atoms with E-state index in [-0.39, 0.29) is 25.7 Å². The first-order valence-corrected chi connectivity index (χ1v) is 5.12. The lowest BCUT2D eigenvalue weighted by Gasteiger charge is -2.26. The van der Waals surface area contributed by atoms with Crippen LogP contribution in [0.1, 0.15) is 25.7 Å². The molecule has 0 radical (unpaired) electrons.